The number of allylic oxidation sites excluding steroid dienone is 1. The number of likely N-dealkylation sites (tertiary alicyclic amines) is 1. The number of nitrogens with zero attached hydrogens (tertiary/aromatic N) is 1. The van der Waals surface area contributed by atoms with Gasteiger partial charge in [0.25, 0.3) is 0 Å². The van der Waals surface area contributed by atoms with E-state index in [-0.39, 0.29) is 0 Å². The highest BCUT2D eigenvalue weighted by molar-refractivity contribution is 5.08. The summed E-state index contributed by atoms with van der Waals surface area (Å²) in [5.41, 5.74) is 1.72. The van der Waals surface area contributed by atoms with E-state index in [0.717, 1.165) is 12.0 Å². The van der Waals surface area contributed by atoms with Crippen LogP contribution in [0.4, 0.5) is 0 Å². The maximum Gasteiger partial charge on any atom is 0.0133 e. The van der Waals surface area contributed by atoms with Crippen molar-refractivity contribution in [2.45, 2.75) is 58.4 Å². The highest BCUT2D eigenvalue weighted by atomic mass is 15.2. The van der Waals surface area contributed by atoms with E-state index in [1.807, 2.05) is 0 Å². The van der Waals surface area contributed by atoms with Gasteiger partial charge in [-0.25, -0.2) is 0 Å². The normalized spacial score (nSPS) is 28.5. The number of hydrogen-bond acceptors (Lipinski definition) is 1. The molecule has 1 fully saturated rings. The van der Waals surface area contributed by atoms with Crippen molar-refractivity contribution in [3.8, 4) is 0 Å². The van der Waals surface area contributed by atoms with E-state index in [4.69, 9.17) is 0 Å². The van der Waals surface area contributed by atoms with Crippen molar-refractivity contribution in [2.24, 2.45) is 5.92 Å². The van der Waals surface area contributed by atoms with Crippen LogP contribution in [0.3, 0.4) is 0 Å². The Morgan fingerprint density at radius 1 is 1.33 bits per heavy atom. The van der Waals surface area contributed by atoms with Crippen molar-refractivity contribution < 1.29 is 0 Å². The molecule has 0 aromatic heterocycles. The molecule has 2 rings (SSSR count). The molecule has 1 heterocycles. The molecule has 15 heavy (non-hydrogen) atoms. The van der Waals surface area contributed by atoms with Crippen LogP contribution in [0.15, 0.2) is 11.6 Å². The predicted molar refractivity (Wildman–Crippen MR) is 66.0 cm³/mol. The molecular weight excluding hydrogens is 182 g/mol. The van der Waals surface area contributed by atoms with Crippen LogP contribution in [-0.2, 0) is 0 Å². The van der Waals surface area contributed by atoms with Crippen LogP contribution >= 0.6 is 0 Å². The second-order valence-electron chi connectivity index (χ2n) is 5.63. The minimum atomic E-state index is 0.833. The van der Waals surface area contributed by atoms with Gasteiger partial charge in [0.15, 0.2) is 0 Å². The summed E-state index contributed by atoms with van der Waals surface area (Å²) >= 11 is 0. The van der Waals surface area contributed by atoms with Crippen LogP contribution in [0, 0.1) is 5.92 Å². The molecule has 0 bridgehead atoms. The van der Waals surface area contributed by atoms with Crippen LogP contribution in [0.5, 0.6) is 0 Å². The quantitative estimate of drug-likeness (QED) is 0.639. The third-order valence-corrected chi connectivity index (χ3v) is 3.80. The van der Waals surface area contributed by atoms with Gasteiger partial charge in [-0.05, 0) is 57.5 Å². The van der Waals surface area contributed by atoms with Crippen molar-refractivity contribution in [3.05, 3.63) is 11.6 Å². The predicted octanol–water partition coefficient (Wildman–Crippen LogP) is 3.61. The number of rotatable bonds is 3. The molecular formula is C14H25N. The van der Waals surface area contributed by atoms with Crippen molar-refractivity contribution in [1.29, 1.82) is 0 Å². The van der Waals surface area contributed by atoms with E-state index < -0.39 is 0 Å². The SMILES string of the molecule is CC(C)CC1=CC[C@@H](N2CCCC2)CC1. The Hall–Kier alpha value is -0.300. The molecule has 86 valence electrons. The fraction of sp³-hybridized carbons (Fsp3) is 0.857. The fourth-order valence-corrected chi connectivity index (χ4v) is 3.02. The summed E-state index contributed by atoms with van der Waals surface area (Å²) in [6, 6.07) is 0.878. The van der Waals surface area contributed by atoms with Gasteiger partial charge in [-0.15, -0.1) is 0 Å². The van der Waals surface area contributed by atoms with Crippen LogP contribution < -0.4 is 0 Å². The van der Waals surface area contributed by atoms with Gasteiger partial charge in [0, 0.05) is 6.04 Å². The smallest absolute Gasteiger partial charge is 0.0133 e. The third-order valence-electron chi connectivity index (χ3n) is 3.80. The largest absolute Gasteiger partial charge is 0.300 e. The van der Waals surface area contributed by atoms with Gasteiger partial charge in [-0.3, -0.25) is 0 Å². The molecule has 0 N–H and O–H groups in total. The van der Waals surface area contributed by atoms with Crippen LogP contribution in [-0.4, -0.2) is 24.0 Å². The molecule has 0 spiro atoms. The Morgan fingerprint density at radius 3 is 2.60 bits per heavy atom. The summed E-state index contributed by atoms with van der Waals surface area (Å²) in [6.45, 7) is 7.37. The van der Waals surface area contributed by atoms with E-state index in [9.17, 15) is 0 Å². The zero-order valence-corrected chi connectivity index (χ0v) is 10.3. The molecule has 1 saturated heterocycles. The van der Waals surface area contributed by atoms with Crippen molar-refractivity contribution >= 4 is 0 Å². The fourth-order valence-electron chi connectivity index (χ4n) is 3.02. The number of hydrogen-bond donors (Lipinski definition) is 0. The first-order valence-electron chi connectivity index (χ1n) is 6.67. The summed E-state index contributed by atoms with van der Waals surface area (Å²) in [5, 5.41) is 0. The van der Waals surface area contributed by atoms with Gasteiger partial charge in [0.05, 0.1) is 0 Å². The Morgan fingerprint density at radius 2 is 2.07 bits per heavy atom. The van der Waals surface area contributed by atoms with Gasteiger partial charge >= 0.3 is 0 Å². The van der Waals surface area contributed by atoms with Gasteiger partial charge in [-0.2, -0.15) is 0 Å². The van der Waals surface area contributed by atoms with E-state index in [0.29, 0.717) is 0 Å². The highest BCUT2D eigenvalue weighted by Crippen LogP contribution is 2.28. The molecule has 1 nitrogen and oxygen atoms in total. The van der Waals surface area contributed by atoms with E-state index in [1.54, 1.807) is 5.57 Å². The van der Waals surface area contributed by atoms with Gasteiger partial charge in [0.1, 0.15) is 0 Å². The maximum absolute atomic E-state index is 2.71. The molecule has 0 aromatic carbocycles. The monoisotopic (exact) mass is 207 g/mol. The second kappa shape index (κ2) is 5.16. The van der Waals surface area contributed by atoms with Crippen LogP contribution in [0.2, 0.25) is 0 Å². The standard InChI is InChI=1S/C14H25N/c1-12(2)11-13-5-7-14(8-6-13)15-9-3-4-10-15/h5,12,14H,3-4,6-11H2,1-2H3/t14-/m1/s1. The minimum absolute atomic E-state index is 0.833. The average molecular weight is 207 g/mol. The molecule has 0 saturated carbocycles. The lowest BCUT2D eigenvalue weighted by Crippen LogP contribution is -2.33. The van der Waals surface area contributed by atoms with E-state index in [1.165, 1.54) is 51.6 Å². The molecule has 1 aliphatic heterocycles. The Kier molecular flexibility index (Phi) is 3.85. The first-order valence-corrected chi connectivity index (χ1v) is 6.67. The Balaban J connectivity index is 1.82. The summed E-state index contributed by atoms with van der Waals surface area (Å²) < 4.78 is 0. The zero-order valence-electron chi connectivity index (χ0n) is 10.3. The van der Waals surface area contributed by atoms with Crippen LogP contribution in [0.25, 0.3) is 0 Å². The second-order valence-corrected chi connectivity index (χ2v) is 5.63. The van der Waals surface area contributed by atoms with Crippen molar-refractivity contribution in [3.63, 3.8) is 0 Å². The first-order chi connectivity index (χ1) is 7.25. The van der Waals surface area contributed by atoms with Crippen LogP contribution in [0.1, 0.15) is 52.4 Å². The molecule has 0 radical (unpaired) electrons. The molecule has 1 aliphatic carbocycles. The van der Waals surface area contributed by atoms with E-state index >= 15 is 0 Å². The highest BCUT2D eigenvalue weighted by Gasteiger charge is 2.23. The minimum Gasteiger partial charge on any atom is -0.300 e. The molecule has 1 atom stereocenters. The zero-order chi connectivity index (χ0) is 10.7. The molecule has 2 aliphatic rings. The Labute approximate surface area is 94.5 Å². The molecule has 0 unspecified atom stereocenters. The topological polar surface area (TPSA) is 3.24 Å². The van der Waals surface area contributed by atoms with Gasteiger partial charge in [-0.1, -0.05) is 25.5 Å². The summed E-state index contributed by atoms with van der Waals surface area (Å²) in [6.07, 6.45) is 10.8. The van der Waals surface area contributed by atoms with Gasteiger partial charge < -0.3 is 4.90 Å². The van der Waals surface area contributed by atoms with Crippen molar-refractivity contribution in [2.75, 3.05) is 13.1 Å². The lowest BCUT2D eigenvalue weighted by Gasteiger charge is -2.30. The summed E-state index contributed by atoms with van der Waals surface area (Å²) in [4.78, 5) is 2.71. The maximum atomic E-state index is 2.71. The lowest BCUT2D eigenvalue weighted by molar-refractivity contribution is 0.224. The molecule has 0 aromatic rings. The third kappa shape index (κ3) is 3.07. The molecule has 1 heteroatoms. The van der Waals surface area contributed by atoms with E-state index in [2.05, 4.69) is 24.8 Å². The Bertz CT molecular complexity index is 223. The van der Waals surface area contributed by atoms with Gasteiger partial charge in [0.2, 0.25) is 0 Å². The summed E-state index contributed by atoms with van der Waals surface area (Å²) in [7, 11) is 0. The summed E-state index contributed by atoms with van der Waals surface area (Å²) in [5.74, 6) is 0.833. The lowest BCUT2D eigenvalue weighted by atomic mass is 9.89. The van der Waals surface area contributed by atoms with Crippen molar-refractivity contribution in [1.82, 2.24) is 4.90 Å². The average Bonchev–Trinajstić information content (AvgIpc) is 2.71. The molecule has 0 amide bonds. The first kappa shape index (κ1) is 11.2.